The summed E-state index contributed by atoms with van der Waals surface area (Å²) in [4.78, 5) is 0. The summed E-state index contributed by atoms with van der Waals surface area (Å²) in [6, 6.07) is 16.2. The van der Waals surface area contributed by atoms with Crippen LogP contribution in [0.5, 0.6) is 5.75 Å². The SMILES string of the molecule is COc1ccc([P+]2([S-])NN=C3C=Cc4ccccc4N32)cc1. The van der Waals surface area contributed by atoms with Gasteiger partial charge in [-0.05, 0) is 42.5 Å². The monoisotopic (exact) mass is 327 g/mol. The highest BCUT2D eigenvalue weighted by Crippen LogP contribution is 2.61. The normalized spacial score (nSPS) is 21.7. The fourth-order valence-corrected chi connectivity index (χ4v) is 5.80. The Hall–Kier alpha value is -1.97. The summed E-state index contributed by atoms with van der Waals surface area (Å²) < 4.78 is 7.40. The first-order chi connectivity index (χ1) is 10.7. The minimum Gasteiger partial charge on any atom is -0.500 e. The lowest BCUT2D eigenvalue weighted by atomic mass is 10.1. The number of methoxy groups -OCH3 is 1. The molecule has 2 aromatic rings. The maximum atomic E-state index is 6.02. The zero-order valence-corrected chi connectivity index (χ0v) is 13.6. The van der Waals surface area contributed by atoms with Crippen LogP contribution in [0.3, 0.4) is 0 Å². The van der Waals surface area contributed by atoms with Crippen LogP contribution in [-0.2, 0) is 12.2 Å². The van der Waals surface area contributed by atoms with Crippen LogP contribution in [0.1, 0.15) is 5.56 Å². The van der Waals surface area contributed by atoms with Gasteiger partial charge in [0.15, 0.2) is 5.84 Å². The summed E-state index contributed by atoms with van der Waals surface area (Å²) in [5.41, 5.74) is 2.26. The van der Waals surface area contributed by atoms with Crippen LogP contribution in [0, 0.1) is 0 Å². The molecule has 0 bridgehead atoms. The topological polar surface area (TPSA) is 36.9 Å². The van der Waals surface area contributed by atoms with Crippen LogP contribution in [0.2, 0.25) is 0 Å². The number of rotatable bonds is 2. The van der Waals surface area contributed by atoms with Crippen molar-refractivity contribution in [3.63, 3.8) is 0 Å². The highest BCUT2D eigenvalue weighted by atomic mass is 32.7. The summed E-state index contributed by atoms with van der Waals surface area (Å²) in [6.07, 6.45) is 4.08. The van der Waals surface area contributed by atoms with Crippen LogP contribution in [0.4, 0.5) is 5.69 Å². The molecule has 1 N–H and O–H groups in total. The summed E-state index contributed by atoms with van der Waals surface area (Å²) >= 11 is 6.02. The van der Waals surface area contributed by atoms with E-state index in [0.29, 0.717) is 0 Å². The first-order valence-corrected chi connectivity index (χ1v) is 9.65. The molecule has 0 radical (unpaired) electrons. The zero-order valence-electron chi connectivity index (χ0n) is 11.9. The van der Waals surface area contributed by atoms with Gasteiger partial charge in [0.05, 0.1) is 12.8 Å². The first-order valence-electron chi connectivity index (χ1n) is 6.90. The van der Waals surface area contributed by atoms with Gasteiger partial charge in [-0.2, -0.15) is 9.87 Å². The Morgan fingerprint density at radius 1 is 1.09 bits per heavy atom. The number of benzene rings is 2. The molecule has 22 heavy (non-hydrogen) atoms. The van der Waals surface area contributed by atoms with E-state index in [0.717, 1.165) is 28.1 Å². The predicted octanol–water partition coefficient (Wildman–Crippen LogP) is 3.08. The number of hydrogen-bond donors (Lipinski definition) is 1. The lowest BCUT2D eigenvalue weighted by Gasteiger charge is -2.37. The quantitative estimate of drug-likeness (QED) is 0.679. The summed E-state index contributed by atoms with van der Waals surface area (Å²) in [7, 11) is 1.66. The Bertz CT molecular complexity index is 790. The molecular weight excluding hydrogens is 313 g/mol. The van der Waals surface area contributed by atoms with Gasteiger partial charge >= 0.3 is 0 Å². The van der Waals surface area contributed by atoms with Gasteiger partial charge in [0.2, 0.25) is 0 Å². The number of hydrazone groups is 1. The van der Waals surface area contributed by atoms with Gasteiger partial charge in [0.25, 0.3) is 0 Å². The fourth-order valence-electron chi connectivity index (χ4n) is 2.68. The third-order valence-corrected chi connectivity index (χ3v) is 7.52. The van der Waals surface area contributed by atoms with Crippen LogP contribution in [0.15, 0.2) is 59.7 Å². The van der Waals surface area contributed by atoms with Crippen molar-refractivity contribution >= 4 is 41.9 Å². The summed E-state index contributed by atoms with van der Waals surface area (Å²) in [5.74, 6) is 1.70. The lowest BCUT2D eigenvalue weighted by molar-refractivity contribution is 0.415. The average Bonchev–Trinajstić information content (AvgIpc) is 2.94. The molecule has 0 amide bonds. The average molecular weight is 327 g/mol. The number of para-hydroxylation sites is 1. The second-order valence-corrected chi connectivity index (χ2v) is 8.90. The number of amidine groups is 1. The molecule has 4 rings (SSSR count). The molecule has 2 aliphatic heterocycles. The van der Waals surface area contributed by atoms with E-state index in [1.54, 1.807) is 7.11 Å². The third-order valence-electron chi connectivity index (χ3n) is 3.80. The van der Waals surface area contributed by atoms with E-state index in [1.807, 2.05) is 42.5 Å². The second-order valence-electron chi connectivity index (χ2n) is 5.05. The van der Waals surface area contributed by atoms with Gasteiger partial charge in [0, 0.05) is 5.56 Å². The molecule has 0 aliphatic carbocycles. The molecule has 1 atom stereocenters. The lowest BCUT2D eigenvalue weighted by Crippen LogP contribution is -2.34. The minimum absolute atomic E-state index is 0.824. The van der Waals surface area contributed by atoms with Crippen LogP contribution < -0.4 is 19.9 Å². The Balaban J connectivity index is 1.82. The fraction of sp³-hybridized carbons (Fsp3) is 0.0625. The van der Waals surface area contributed by atoms with Crippen molar-refractivity contribution in [1.29, 1.82) is 0 Å². The van der Waals surface area contributed by atoms with Crippen molar-refractivity contribution in [1.82, 2.24) is 5.20 Å². The van der Waals surface area contributed by atoms with Gasteiger partial charge in [-0.3, -0.25) is 0 Å². The van der Waals surface area contributed by atoms with Gasteiger partial charge in [-0.15, -0.1) is 5.10 Å². The number of anilines is 1. The van der Waals surface area contributed by atoms with E-state index >= 15 is 0 Å². The highest BCUT2D eigenvalue weighted by Gasteiger charge is 2.44. The molecule has 0 fully saturated rings. The molecule has 0 aromatic heterocycles. The standard InChI is InChI=1S/C16H14N3OPS/c1-20-13-7-9-14(10-8-13)21(22)18-17-16-11-6-12-4-2-3-5-15(12)19(16)21/h2-11H,1H3,(H,18,22). The molecular formula is C16H14N3OPS. The maximum absolute atomic E-state index is 6.02. The molecule has 6 heteroatoms. The van der Waals surface area contributed by atoms with E-state index in [4.69, 9.17) is 17.0 Å². The summed E-state index contributed by atoms with van der Waals surface area (Å²) in [6.45, 7) is -2.21. The molecule has 0 saturated carbocycles. The van der Waals surface area contributed by atoms with Gasteiger partial charge in [-0.25, -0.2) is 0 Å². The molecule has 0 saturated heterocycles. The molecule has 110 valence electrons. The van der Waals surface area contributed by atoms with E-state index in [9.17, 15) is 0 Å². The largest absolute Gasteiger partial charge is 0.500 e. The van der Waals surface area contributed by atoms with Crippen molar-refractivity contribution in [3.05, 3.63) is 60.2 Å². The molecule has 2 aliphatic rings. The number of nitrogens with zero attached hydrogens (tertiary/aromatic N) is 2. The van der Waals surface area contributed by atoms with Gasteiger partial charge in [0.1, 0.15) is 17.8 Å². The van der Waals surface area contributed by atoms with Gasteiger partial charge < -0.3 is 17.0 Å². The number of fused-ring (bicyclic) bond motifs is 3. The van der Waals surface area contributed by atoms with E-state index < -0.39 is 6.77 Å². The van der Waals surface area contributed by atoms with Crippen molar-refractivity contribution in [3.8, 4) is 5.75 Å². The van der Waals surface area contributed by atoms with Crippen molar-refractivity contribution in [2.45, 2.75) is 0 Å². The van der Waals surface area contributed by atoms with Crippen molar-refractivity contribution in [2.24, 2.45) is 5.10 Å². The molecule has 0 spiro atoms. The second kappa shape index (κ2) is 5.04. The van der Waals surface area contributed by atoms with E-state index in [2.05, 4.69) is 33.2 Å². The Labute approximate surface area is 135 Å². The smallest absolute Gasteiger partial charge is 0.191 e. The van der Waals surface area contributed by atoms with Crippen molar-refractivity contribution in [2.75, 3.05) is 11.8 Å². The maximum Gasteiger partial charge on any atom is 0.191 e. The zero-order chi connectivity index (χ0) is 15.2. The summed E-state index contributed by atoms with van der Waals surface area (Å²) in [5, 5.41) is 8.73. The molecule has 4 nitrogen and oxygen atoms in total. The first kappa shape index (κ1) is 13.7. The van der Waals surface area contributed by atoms with Crippen LogP contribution >= 0.6 is 6.77 Å². The Morgan fingerprint density at radius 2 is 1.86 bits per heavy atom. The number of ether oxygens (including phenoxy) is 1. The van der Waals surface area contributed by atoms with Crippen LogP contribution in [-0.4, -0.2) is 12.9 Å². The van der Waals surface area contributed by atoms with E-state index in [1.165, 1.54) is 0 Å². The number of hydrogen-bond acceptors (Lipinski definition) is 5. The molecule has 2 aromatic carbocycles. The van der Waals surface area contributed by atoms with Crippen molar-refractivity contribution < 1.29 is 4.74 Å². The predicted molar refractivity (Wildman–Crippen MR) is 95.4 cm³/mol. The Morgan fingerprint density at radius 3 is 2.64 bits per heavy atom. The van der Waals surface area contributed by atoms with E-state index in [-0.39, 0.29) is 0 Å². The third kappa shape index (κ3) is 1.93. The van der Waals surface area contributed by atoms with Crippen LogP contribution in [0.25, 0.3) is 6.08 Å². The molecule has 1 unspecified atom stereocenters. The number of nitrogens with one attached hydrogen (secondary N) is 1. The molecule has 2 heterocycles. The highest BCUT2D eigenvalue weighted by molar-refractivity contribution is 8.45. The Kier molecular flexibility index (Phi) is 3.13. The minimum atomic E-state index is -2.21. The van der Waals surface area contributed by atoms with Gasteiger partial charge in [-0.1, -0.05) is 18.2 Å².